The zero-order valence-electron chi connectivity index (χ0n) is 11.5. The smallest absolute Gasteiger partial charge is 0.161 e. The van der Waals surface area contributed by atoms with Crippen LogP contribution in [-0.4, -0.2) is 18.3 Å². The highest BCUT2D eigenvalue weighted by Crippen LogP contribution is 2.35. The van der Waals surface area contributed by atoms with Crippen LogP contribution in [0.5, 0.6) is 17.2 Å². The molecule has 0 bridgehead atoms. The van der Waals surface area contributed by atoms with Gasteiger partial charge in [0.1, 0.15) is 5.75 Å². The summed E-state index contributed by atoms with van der Waals surface area (Å²) in [4.78, 5) is 0. The number of phenolic OH excluding ortho intramolecular Hbond substituents is 1. The average Bonchev–Trinajstić information content (AvgIpc) is 2.44. The molecule has 1 N–H and O–H groups in total. The highest BCUT2D eigenvalue weighted by molar-refractivity contribution is 6.32. The van der Waals surface area contributed by atoms with Crippen LogP contribution >= 0.6 is 11.6 Å². The second kappa shape index (κ2) is 6.53. The Bertz CT molecular complexity index is 596. The van der Waals surface area contributed by atoms with Gasteiger partial charge < -0.3 is 14.6 Å². The molecule has 0 aliphatic carbocycles. The fourth-order valence-corrected chi connectivity index (χ4v) is 2.10. The third-order valence-corrected chi connectivity index (χ3v) is 3.13. The van der Waals surface area contributed by atoms with Crippen molar-refractivity contribution in [1.29, 1.82) is 0 Å². The van der Waals surface area contributed by atoms with Crippen molar-refractivity contribution in [1.82, 2.24) is 0 Å². The van der Waals surface area contributed by atoms with E-state index < -0.39 is 0 Å². The molecule has 2 aromatic rings. The topological polar surface area (TPSA) is 38.7 Å². The van der Waals surface area contributed by atoms with E-state index in [4.69, 9.17) is 21.1 Å². The van der Waals surface area contributed by atoms with E-state index in [1.54, 1.807) is 12.1 Å². The van der Waals surface area contributed by atoms with Crippen LogP contribution < -0.4 is 9.47 Å². The van der Waals surface area contributed by atoms with Crippen molar-refractivity contribution in [3.63, 3.8) is 0 Å². The molecule has 0 fully saturated rings. The summed E-state index contributed by atoms with van der Waals surface area (Å²) in [5.74, 6) is 1.51. The maximum atomic E-state index is 9.47. The zero-order chi connectivity index (χ0) is 14.5. The summed E-state index contributed by atoms with van der Waals surface area (Å²) in [6.07, 6.45) is 0. The molecule has 0 aliphatic heterocycles. The lowest BCUT2D eigenvalue weighted by molar-refractivity contribution is 0.288. The van der Waals surface area contributed by atoms with Gasteiger partial charge in [0.15, 0.2) is 11.5 Å². The lowest BCUT2D eigenvalue weighted by Gasteiger charge is -2.12. The first kappa shape index (κ1) is 14.5. The standard InChI is InChI=1S/C16H17ClO3/c1-3-19-15-8-6-12(10-16(15)20-4-2)11-5-7-14(18)13(17)9-11/h5-10,18H,3-4H2,1-2H3. The Labute approximate surface area is 123 Å². The van der Waals surface area contributed by atoms with Crippen LogP contribution in [0.1, 0.15) is 13.8 Å². The largest absolute Gasteiger partial charge is 0.506 e. The van der Waals surface area contributed by atoms with Gasteiger partial charge in [0.2, 0.25) is 0 Å². The molecule has 0 spiro atoms. The van der Waals surface area contributed by atoms with Crippen molar-refractivity contribution in [2.75, 3.05) is 13.2 Å². The summed E-state index contributed by atoms with van der Waals surface area (Å²) in [6.45, 7) is 5.02. The van der Waals surface area contributed by atoms with Crippen LogP contribution in [0.15, 0.2) is 36.4 Å². The number of hydrogen-bond donors (Lipinski definition) is 1. The Morgan fingerprint density at radius 1 is 0.900 bits per heavy atom. The predicted octanol–water partition coefficient (Wildman–Crippen LogP) is 4.51. The number of benzene rings is 2. The Balaban J connectivity index is 2.41. The SMILES string of the molecule is CCOc1ccc(-c2ccc(O)c(Cl)c2)cc1OCC. The van der Waals surface area contributed by atoms with Gasteiger partial charge >= 0.3 is 0 Å². The van der Waals surface area contributed by atoms with Gasteiger partial charge in [-0.15, -0.1) is 0 Å². The first-order valence-electron chi connectivity index (χ1n) is 6.54. The van der Waals surface area contributed by atoms with E-state index in [0.29, 0.717) is 24.0 Å². The van der Waals surface area contributed by atoms with Gasteiger partial charge in [-0.25, -0.2) is 0 Å². The van der Waals surface area contributed by atoms with Crippen molar-refractivity contribution in [3.8, 4) is 28.4 Å². The second-order valence-corrected chi connectivity index (χ2v) is 4.60. The molecule has 2 rings (SSSR count). The van der Waals surface area contributed by atoms with Gasteiger partial charge in [-0.3, -0.25) is 0 Å². The summed E-state index contributed by atoms with van der Waals surface area (Å²) in [5.41, 5.74) is 1.87. The number of rotatable bonds is 5. The number of aromatic hydroxyl groups is 1. The van der Waals surface area contributed by atoms with Crippen LogP contribution in [0, 0.1) is 0 Å². The number of hydrogen-bond acceptors (Lipinski definition) is 3. The minimum Gasteiger partial charge on any atom is -0.506 e. The van der Waals surface area contributed by atoms with E-state index in [0.717, 1.165) is 16.9 Å². The fourth-order valence-electron chi connectivity index (χ4n) is 1.92. The third-order valence-electron chi connectivity index (χ3n) is 2.82. The Morgan fingerprint density at radius 2 is 1.50 bits per heavy atom. The number of halogens is 1. The molecule has 2 aromatic carbocycles. The fraction of sp³-hybridized carbons (Fsp3) is 0.250. The van der Waals surface area contributed by atoms with E-state index >= 15 is 0 Å². The van der Waals surface area contributed by atoms with Gasteiger partial charge in [0, 0.05) is 0 Å². The van der Waals surface area contributed by atoms with E-state index in [9.17, 15) is 5.11 Å². The van der Waals surface area contributed by atoms with E-state index in [1.807, 2.05) is 38.1 Å². The van der Waals surface area contributed by atoms with Gasteiger partial charge in [0.05, 0.1) is 18.2 Å². The monoisotopic (exact) mass is 292 g/mol. The molecule has 0 saturated carbocycles. The maximum absolute atomic E-state index is 9.47. The van der Waals surface area contributed by atoms with Gasteiger partial charge in [-0.05, 0) is 49.2 Å². The van der Waals surface area contributed by atoms with Crippen molar-refractivity contribution >= 4 is 11.6 Å². The van der Waals surface area contributed by atoms with Crippen molar-refractivity contribution in [2.24, 2.45) is 0 Å². The molecule has 0 aromatic heterocycles. The molecule has 0 radical (unpaired) electrons. The summed E-state index contributed by atoms with van der Waals surface area (Å²) < 4.78 is 11.1. The highest BCUT2D eigenvalue weighted by Gasteiger charge is 2.08. The van der Waals surface area contributed by atoms with Crippen LogP contribution in [0.2, 0.25) is 5.02 Å². The van der Waals surface area contributed by atoms with E-state index in [1.165, 1.54) is 0 Å². The first-order chi connectivity index (χ1) is 9.65. The van der Waals surface area contributed by atoms with E-state index in [-0.39, 0.29) is 5.75 Å². The highest BCUT2D eigenvalue weighted by atomic mass is 35.5. The molecule has 0 aliphatic rings. The van der Waals surface area contributed by atoms with Crippen molar-refractivity contribution in [2.45, 2.75) is 13.8 Å². The molecule has 20 heavy (non-hydrogen) atoms. The summed E-state index contributed by atoms with van der Waals surface area (Å²) in [5, 5.41) is 9.79. The van der Waals surface area contributed by atoms with Gasteiger partial charge in [-0.2, -0.15) is 0 Å². The third kappa shape index (κ3) is 3.17. The first-order valence-corrected chi connectivity index (χ1v) is 6.92. The summed E-state index contributed by atoms with van der Waals surface area (Å²) in [6, 6.07) is 10.8. The number of ether oxygens (including phenoxy) is 2. The molecule has 0 unspecified atom stereocenters. The average molecular weight is 293 g/mol. The van der Waals surface area contributed by atoms with Crippen LogP contribution in [-0.2, 0) is 0 Å². The molecule has 0 amide bonds. The molecule has 106 valence electrons. The van der Waals surface area contributed by atoms with Crippen LogP contribution in [0.4, 0.5) is 0 Å². The quantitative estimate of drug-likeness (QED) is 0.881. The van der Waals surface area contributed by atoms with Crippen LogP contribution in [0.25, 0.3) is 11.1 Å². The molecule has 3 nitrogen and oxygen atoms in total. The maximum Gasteiger partial charge on any atom is 0.161 e. The molecule has 0 atom stereocenters. The van der Waals surface area contributed by atoms with Crippen molar-refractivity contribution < 1.29 is 14.6 Å². The Morgan fingerprint density at radius 3 is 2.15 bits per heavy atom. The second-order valence-electron chi connectivity index (χ2n) is 4.19. The van der Waals surface area contributed by atoms with E-state index in [2.05, 4.69) is 0 Å². The molecular weight excluding hydrogens is 276 g/mol. The Hall–Kier alpha value is -1.87. The molecular formula is C16H17ClO3. The molecule has 0 saturated heterocycles. The minimum absolute atomic E-state index is 0.0754. The lowest BCUT2D eigenvalue weighted by atomic mass is 10.0. The minimum atomic E-state index is 0.0754. The lowest BCUT2D eigenvalue weighted by Crippen LogP contribution is -1.98. The molecule has 0 heterocycles. The van der Waals surface area contributed by atoms with Gasteiger partial charge in [0.25, 0.3) is 0 Å². The summed E-state index contributed by atoms with van der Waals surface area (Å²) in [7, 11) is 0. The normalized spacial score (nSPS) is 10.3. The predicted molar refractivity (Wildman–Crippen MR) is 80.9 cm³/mol. The van der Waals surface area contributed by atoms with Crippen LogP contribution in [0.3, 0.4) is 0 Å². The molecule has 4 heteroatoms. The Kier molecular flexibility index (Phi) is 4.74. The van der Waals surface area contributed by atoms with Crippen molar-refractivity contribution in [3.05, 3.63) is 41.4 Å². The summed E-state index contributed by atoms with van der Waals surface area (Å²) >= 11 is 5.94. The van der Waals surface area contributed by atoms with Gasteiger partial charge in [-0.1, -0.05) is 23.7 Å². The number of phenols is 1. The zero-order valence-corrected chi connectivity index (χ0v) is 12.3.